The molecule has 2 N–H and O–H groups in total. The summed E-state index contributed by atoms with van der Waals surface area (Å²) in [5.41, 5.74) is -5.34. The molecule has 0 aromatic heterocycles. The van der Waals surface area contributed by atoms with Crippen LogP contribution in [0.2, 0.25) is 5.02 Å². The van der Waals surface area contributed by atoms with Crippen molar-refractivity contribution in [1.82, 2.24) is 0 Å². The maximum atomic E-state index is 17.6. The molecule has 0 unspecified atom stereocenters. The molecular formula is C35H33ClFNO7S. The summed E-state index contributed by atoms with van der Waals surface area (Å²) in [7, 11) is 0. The third-order valence-electron chi connectivity index (χ3n) is 10.9. The van der Waals surface area contributed by atoms with E-state index in [4.69, 9.17) is 21.1 Å². The molecule has 3 fully saturated rings. The van der Waals surface area contributed by atoms with E-state index in [0.717, 1.165) is 11.8 Å². The standard InChI is InChI=1S/C35H33ClFNO7S/c1-32-13-11-22(39)17-21(32)5-9-26-25-12-14-34(31(43)46-16-15-38,33(25,2)19-29(41)35(26,32)37)45-30(42)20-3-6-23(7-4-20)44-24-8-10-28(40)27(36)18-24/h3-4,6-8,10-11,13,17-18,25-26,29,40-41H,5,9,12,14,16,19H2,1-2H3/t25-,26-,29-,32-,33-,34-,35-/m0/s1. The molecule has 0 bridgehead atoms. The van der Waals surface area contributed by atoms with E-state index in [9.17, 15) is 29.9 Å². The number of hydrogen-bond donors (Lipinski definition) is 2. The number of allylic oxidation sites excluding steroid dienone is 4. The van der Waals surface area contributed by atoms with Gasteiger partial charge in [-0.2, -0.15) is 5.26 Å². The molecule has 0 amide bonds. The van der Waals surface area contributed by atoms with Crippen LogP contribution in [0, 0.1) is 34.0 Å². The molecule has 11 heteroatoms. The molecule has 3 saturated carbocycles. The Bertz CT molecular complexity index is 1720. The Labute approximate surface area is 275 Å². The summed E-state index contributed by atoms with van der Waals surface area (Å²) >= 11 is 6.72. The van der Waals surface area contributed by atoms with Gasteiger partial charge in [0.05, 0.1) is 28.5 Å². The lowest BCUT2D eigenvalue weighted by Crippen LogP contribution is -2.69. The minimum Gasteiger partial charge on any atom is -0.506 e. The second-order valence-electron chi connectivity index (χ2n) is 13.0. The molecule has 2 aromatic rings. The molecule has 8 nitrogen and oxygen atoms in total. The number of ketones is 1. The molecule has 46 heavy (non-hydrogen) atoms. The van der Waals surface area contributed by atoms with Crippen molar-refractivity contribution in [2.75, 3.05) is 5.75 Å². The average molecular weight is 666 g/mol. The van der Waals surface area contributed by atoms with Gasteiger partial charge in [-0.25, -0.2) is 9.18 Å². The van der Waals surface area contributed by atoms with Crippen LogP contribution < -0.4 is 4.74 Å². The van der Waals surface area contributed by atoms with E-state index in [2.05, 4.69) is 0 Å². The van der Waals surface area contributed by atoms with Crippen LogP contribution in [0.5, 0.6) is 17.2 Å². The quantitative estimate of drug-likeness (QED) is 0.316. The topological polar surface area (TPSA) is 134 Å². The average Bonchev–Trinajstić information content (AvgIpc) is 3.31. The molecule has 4 aliphatic carbocycles. The number of halogens is 2. The van der Waals surface area contributed by atoms with Gasteiger partial charge in [0, 0.05) is 22.8 Å². The van der Waals surface area contributed by atoms with Gasteiger partial charge in [-0.05, 0) is 93.5 Å². The highest BCUT2D eigenvalue weighted by atomic mass is 35.5. The largest absolute Gasteiger partial charge is 0.506 e. The number of aromatic hydroxyl groups is 1. The lowest BCUT2D eigenvalue weighted by atomic mass is 9.45. The maximum Gasteiger partial charge on any atom is 0.339 e. The summed E-state index contributed by atoms with van der Waals surface area (Å²) in [6.45, 7) is 3.51. The number of fused-ring (bicyclic) bond motifs is 5. The molecule has 2 aromatic carbocycles. The molecule has 0 spiro atoms. The summed E-state index contributed by atoms with van der Waals surface area (Å²) in [6.07, 6.45) is 4.07. The van der Waals surface area contributed by atoms with Crippen LogP contribution in [-0.2, 0) is 14.3 Å². The minimum atomic E-state index is -2.10. The van der Waals surface area contributed by atoms with Crippen molar-refractivity contribution in [3.8, 4) is 23.3 Å². The molecule has 240 valence electrons. The van der Waals surface area contributed by atoms with Crippen molar-refractivity contribution in [2.24, 2.45) is 22.7 Å². The van der Waals surface area contributed by atoms with Crippen molar-refractivity contribution in [1.29, 1.82) is 5.26 Å². The van der Waals surface area contributed by atoms with Gasteiger partial charge in [-0.1, -0.05) is 41.9 Å². The predicted molar refractivity (Wildman–Crippen MR) is 169 cm³/mol. The van der Waals surface area contributed by atoms with Gasteiger partial charge >= 0.3 is 5.97 Å². The highest BCUT2D eigenvalue weighted by Crippen LogP contribution is 2.70. The van der Waals surface area contributed by atoms with Crippen molar-refractivity contribution in [3.63, 3.8) is 0 Å². The molecule has 7 atom stereocenters. The number of rotatable bonds is 6. The number of ether oxygens (including phenoxy) is 2. The van der Waals surface area contributed by atoms with E-state index in [0.29, 0.717) is 36.3 Å². The number of benzene rings is 2. The third-order valence-corrected chi connectivity index (χ3v) is 12.0. The van der Waals surface area contributed by atoms with E-state index in [1.54, 1.807) is 32.1 Å². The van der Waals surface area contributed by atoms with Crippen molar-refractivity contribution < 1.29 is 38.5 Å². The van der Waals surface area contributed by atoms with E-state index in [-0.39, 0.29) is 40.7 Å². The third kappa shape index (κ3) is 4.78. The monoisotopic (exact) mass is 665 g/mol. The summed E-state index contributed by atoms with van der Waals surface area (Å²) < 4.78 is 29.5. The van der Waals surface area contributed by atoms with Crippen molar-refractivity contribution in [3.05, 3.63) is 76.9 Å². The van der Waals surface area contributed by atoms with E-state index in [1.807, 2.05) is 6.07 Å². The number of carbonyl (C=O) groups is 3. The van der Waals surface area contributed by atoms with Gasteiger partial charge in [0.25, 0.3) is 0 Å². The second-order valence-corrected chi connectivity index (χ2v) is 14.3. The van der Waals surface area contributed by atoms with Crippen molar-refractivity contribution in [2.45, 2.75) is 63.3 Å². The first-order chi connectivity index (χ1) is 21.8. The van der Waals surface area contributed by atoms with Crippen LogP contribution in [0.3, 0.4) is 0 Å². The van der Waals surface area contributed by atoms with Crippen LogP contribution in [0.15, 0.2) is 66.3 Å². The zero-order chi connectivity index (χ0) is 33.1. The van der Waals surface area contributed by atoms with Gasteiger partial charge in [-0.3, -0.25) is 9.59 Å². The Morgan fingerprint density at radius 2 is 1.85 bits per heavy atom. The molecule has 0 radical (unpaired) electrons. The number of alkyl halides is 1. The molecule has 4 aliphatic rings. The lowest BCUT2D eigenvalue weighted by Gasteiger charge is -2.62. The predicted octanol–water partition coefficient (Wildman–Crippen LogP) is 6.89. The first-order valence-electron chi connectivity index (χ1n) is 15.1. The number of carbonyl (C=O) groups excluding carboxylic acids is 3. The highest BCUT2D eigenvalue weighted by molar-refractivity contribution is 8.14. The smallest absolute Gasteiger partial charge is 0.339 e. The first-order valence-corrected chi connectivity index (χ1v) is 16.5. The number of phenolic OH excluding ortho intramolecular Hbond substituents is 1. The number of hydrogen-bond acceptors (Lipinski definition) is 9. The van der Waals surface area contributed by atoms with Crippen LogP contribution in [0.1, 0.15) is 56.3 Å². The number of phenols is 1. The molecule has 0 aliphatic heterocycles. The van der Waals surface area contributed by atoms with Crippen LogP contribution in [0.4, 0.5) is 4.39 Å². The van der Waals surface area contributed by atoms with Gasteiger partial charge in [0.1, 0.15) is 17.2 Å². The highest BCUT2D eigenvalue weighted by Gasteiger charge is 2.75. The van der Waals surface area contributed by atoms with Crippen LogP contribution in [-0.4, -0.2) is 50.2 Å². The maximum absolute atomic E-state index is 17.6. The Morgan fingerprint density at radius 1 is 1.13 bits per heavy atom. The summed E-state index contributed by atoms with van der Waals surface area (Å²) in [6, 6.07) is 12.4. The van der Waals surface area contributed by atoms with E-state index in [1.165, 1.54) is 42.5 Å². The fourth-order valence-corrected chi connectivity index (χ4v) is 9.50. The zero-order valence-electron chi connectivity index (χ0n) is 25.3. The number of thioether (sulfide) groups is 1. The Hall–Kier alpha value is -3.65. The molecule has 0 saturated heterocycles. The Balaban J connectivity index is 1.31. The lowest BCUT2D eigenvalue weighted by molar-refractivity contribution is -0.214. The Kier molecular flexibility index (Phi) is 8.11. The first kappa shape index (κ1) is 32.3. The van der Waals surface area contributed by atoms with E-state index >= 15 is 4.39 Å². The second kappa shape index (κ2) is 11.5. The normalized spacial score (nSPS) is 34.4. The van der Waals surface area contributed by atoms with Crippen LogP contribution in [0.25, 0.3) is 0 Å². The number of aliphatic hydroxyl groups excluding tert-OH is 1. The molecule has 6 rings (SSSR count). The van der Waals surface area contributed by atoms with Gasteiger partial charge in [-0.15, -0.1) is 0 Å². The van der Waals surface area contributed by atoms with Gasteiger partial charge in [0.15, 0.2) is 17.1 Å². The summed E-state index contributed by atoms with van der Waals surface area (Å²) in [5, 5.41) is 30.2. The van der Waals surface area contributed by atoms with Gasteiger partial charge < -0.3 is 19.7 Å². The minimum absolute atomic E-state index is 0.0874. The Morgan fingerprint density at radius 3 is 2.54 bits per heavy atom. The van der Waals surface area contributed by atoms with E-state index < -0.39 is 51.1 Å². The fraction of sp³-hybridized carbons (Fsp3) is 0.429. The molecule has 0 heterocycles. The fourth-order valence-electron chi connectivity index (χ4n) is 8.52. The van der Waals surface area contributed by atoms with Gasteiger partial charge in [0.2, 0.25) is 5.12 Å². The zero-order valence-corrected chi connectivity index (χ0v) is 26.9. The number of nitriles is 1. The van der Waals surface area contributed by atoms with Crippen molar-refractivity contribution >= 4 is 40.2 Å². The van der Waals surface area contributed by atoms with Crippen LogP contribution >= 0.6 is 23.4 Å². The molecular weight excluding hydrogens is 633 g/mol. The summed E-state index contributed by atoms with van der Waals surface area (Å²) in [5.74, 6) is -1.55. The number of nitrogens with zero attached hydrogens (tertiary/aromatic N) is 1. The number of esters is 1. The number of aliphatic hydroxyl groups is 1. The SMILES string of the molecule is C[C@]12C=CC(=O)C=C1CC[C@H]1[C@@H]3CC[C@](OC(=O)c4ccc(Oc5ccc(O)c(Cl)c5)cc4)(C(=O)SCC#N)[C@@]3(C)C[C@H](O)[C@@]12F. The summed E-state index contributed by atoms with van der Waals surface area (Å²) in [4.78, 5) is 39.9.